The molecule has 0 saturated carbocycles. The molecule has 0 N–H and O–H groups in total. The molecule has 0 aromatic heterocycles. The average Bonchev–Trinajstić information content (AvgIpc) is 1.85. The molecule has 0 spiro atoms. The van der Waals surface area contributed by atoms with Crippen molar-refractivity contribution in [3.8, 4) is 0 Å². The number of ether oxygens (including phenoxy) is 1. The molecule has 0 bridgehead atoms. The van der Waals surface area contributed by atoms with Gasteiger partial charge in [-0.15, -0.1) is 0 Å². The van der Waals surface area contributed by atoms with Crippen LogP contribution in [0.4, 0.5) is 0 Å². The molecule has 72 valence electrons. The van der Waals surface area contributed by atoms with E-state index in [2.05, 4.69) is 0 Å². The summed E-state index contributed by atoms with van der Waals surface area (Å²) in [5.41, 5.74) is 0. The van der Waals surface area contributed by atoms with Gasteiger partial charge in [0.15, 0.2) is 0 Å². The molecule has 0 unspecified atom stereocenters. The van der Waals surface area contributed by atoms with Crippen LogP contribution in [0.2, 0.25) is 4.25 Å². The summed E-state index contributed by atoms with van der Waals surface area (Å²) in [6.07, 6.45) is 0. The van der Waals surface area contributed by atoms with Crippen molar-refractivity contribution in [2.45, 2.75) is 25.0 Å². The molecular formula is C6H11Cl3GeO2. The number of hydrogen-bond donors (Lipinski definition) is 0. The Labute approximate surface area is 87.4 Å². The Kier molecular flexibility index (Phi) is 4.72. The minimum atomic E-state index is -3.53. The van der Waals surface area contributed by atoms with Crippen molar-refractivity contribution >= 4 is 46.5 Å². The fraction of sp³-hybridized carbons (Fsp3) is 0.833. The first kappa shape index (κ1) is 12.9. The quantitative estimate of drug-likeness (QED) is 0.591. The molecule has 0 amide bonds. The molecule has 2 nitrogen and oxygen atoms in total. The standard InChI is InChI=1S/C6H11Cl3GeO2/c1-4-12-5(11)6(2,3)10(7,8)9/h4H2,1-3H3. The Balaban J connectivity index is 4.50. The van der Waals surface area contributed by atoms with Crippen LogP contribution in [0, 0.1) is 0 Å². The van der Waals surface area contributed by atoms with Crippen LogP contribution < -0.4 is 0 Å². The molecule has 6 heteroatoms. The van der Waals surface area contributed by atoms with E-state index < -0.39 is 20.7 Å². The molecule has 0 aromatic carbocycles. The molecule has 0 atom stereocenters. The third-order valence-electron chi connectivity index (χ3n) is 1.49. The number of hydrogen-bond acceptors (Lipinski definition) is 2. The van der Waals surface area contributed by atoms with Gasteiger partial charge in [-0.1, -0.05) is 0 Å². The van der Waals surface area contributed by atoms with E-state index >= 15 is 0 Å². The molecule has 0 heterocycles. The van der Waals surface area contributed by atoms with Gasteiger partial charge in [-0.25, -0.2) is 0 Å². The van der Waals surface area contributed by atoms with Gasteiger partial charge in [0.2, 0.25) is 0 Å². The first-order chi connectivity index (χ1) is 5.23. The van der Waals surface area contributed by atoms with Crippen molar-refractivity contribution in [3.05, 3.63) is 0 Å². The summed E-state index contributed by atoms with van der Waals surface area (Å²) in [7, 11) is 13.8. The van der Waals surface area contributed by atoms with Crippen molar-refractivity contribution < 1.29 is 9.53 Å². The van der Waals surface area contributed by atoms with Crippen molar-refractivity contribution in [1.29, 1.82) is 0 Å². The van der Waals surface area contributed by atoms with Crippen molar-refractivity contribution in [1.82, 2.24) is 0 Å². The third kappa shape index (κ3) is 2.98. The van der Waals surface area contributed by atoms with Gasteiger partial charge in [-0.2, -0.15) is 0 Å². The van der Waals surface area contributed by atoms with Gasteiger partial charge in [0.05, 0.1) is 0 Å². The number of esters is 1. The summed E-state index contributed by atoms with van der Waals surface area (Å²) in [4.78, 5) is 11.3. The van der Waals surface area contributed by atoms with E-state index in [4.69, 9.17) is 34.8 Å². The van der Waals surface area contributed by atoms with E-state index in [-0.39, 0.29) is 0 Å². The minimum absolute atomic E-state index is 0.311. The van der Waals surface area contributed by atoms with E-state index in [1.165, 1.54) is 0 Å². The molecule has 0 rings (SSSR count). The Hall–Kier alpha value is 0.883. The third-order valence-corrected chi connectivity index (χ3v) is 12.3. The second kappa shape index (κ2) is 4.40. The van der Waals surface area contributed by atoms with E-state index in [1.807, 2.05) is 0 Å². The van der Waals surface area contributed by atoms with Crippen LogP contribution in [0.1, 0.15) is 20.8 Å². The van der Waals surface area contributed by atoms with Crippen molar-refractivity contribution in [3.63, 3.8) is 0 Å². The molecule has 12 heavy (non-hydrogen) atoms. The van der Waals surface area contributed by atoms with Gasteiger partial charge in [0.1, 0.15) is 0 Å². The SMILES string of the molecule is CCOC(=O)[C](C)(C)[Ge]([Cl])([Cl])[Cl]. The van der Waals surface area contributed by atoms with Crippen molar-refractivity contribution in [2.75, 3.05) is 6.61 Å². The van der Waals surface area contributed by atoms with Crippen LogP contribution >= 0.6 is 30.0 Å². The molecule has 0 aliphatic rings. The van der Waals surface area contributed by atoms with Gasteiger partial charge in [-0.3, -0.25) is 0 Å². The number of carbonyl (C=O) groups is 1. The summed E-state index contributed by atoms with van der Waals surface area (Å²) >= 11 is 0. The second-order valence-electron chi connectivity index (χ2n) is 2.84. The van der Waals surface area contributed by atoms with E-state index in [1.54, 1.807) is 20.8 Å². The predicted molar refractivity (Wildman–Crippen MR) is 54.0 cm³/mol. The Morgan fingerprint density at radius 3 is 2.08 bits per heavy atom. The normalized spacial score (nSPS) is 12.8. The maximum atomic E-state index is 11.3. The number of halogens is 3. The van der Waals surface area contributed by atoms with Crippen molar-refractivity contribution in [2.24, 2.45) is 0 Å². The van der Waals surface area contributed by atoms with Crippen LogP contribution in [0.15, 0.2) is 0 Å². The fourth-order valence-electron chi connectivity index (χ4n) is 0.427. The summed E-state index contributed by atoms with van der Waals surface area (Å²) < 4.78 is 3.86. The molecule has 0 aliphatic heterocycles. The Morgan fingerprint density at radius 2 is 1.83 bits per heavy atom. The molecule has 0 fully saturated rings. The summed E-state index contributed by atoms with van der Waals surface area (Å²) in [6.45, 7) is 5.25. The summed E-state index contributed by atoms with van der Waals surface area (Å²) in [5, 5.41) is 0. The van der Waals surface area contributed by atoms with Crippen LogP contribution in [-0.2, 0) is 9.53 Å². The summed E-state index contributed by atoms with van der Waals surface area (Å²) in [6, 6.07) is 0. The molecule has 0 radical (unpaired) electrons. The van der Waals surface area contributed by atoms with Crippen LogP contribution in [-0.4, -0.2) is 23.1 Å². The molecule has 0 aliphatic carbocycles. The molecular weight excluding hydrogens is 283 g/mol. The fourth-order valence-corrected chi connectivity index (χ4v) is 2.27. The van der Waals surface area contributed by atoms with Gasteiger partial charge in [0, 0.05) is 0 Å². The zero-order valence-electron chi connectivity index (χ0n) is 7.16. The predicted octanol–water partition coefficient (Wildman–Crippen LogP) is 2.99. The second-order valence-corrected chi connectivity index (χ2v) is 19.4. The first-order valence-corrected chi connectivity index (χ1v) is 12.8. The van der Waals surface area contributed by atoms with Crippen LogP contribution in [0.3, 0.4) is 0 Å². The molecule has 0 aromatic rings. The Morgan fingerprint density at radius 1 is 1.42 bits per heavy atom. The van der Waals surface area contributed by atoms with Gasteiger partial charge in [0.25, 0.3) is 0 Å². The van der Waals surface area contributed by atoms with Gasteiger partial charge in [-0.05, 0) is 0 Å². The Bertz CT molecular complexity index is 176. The topological polar surface area (TPSA) is 26.3 Å². The monoisotopic (exact) mass is 294 g/mol. The average molecular weight is 294 g/mol. The summed E-state index contributed by atoms with van der Waals surface area (Å²) in [5.74, 6) is -0.426. The zero-order valence-corrected chi connectivity index (χ0v) is 11.5. The molecule has 0 saturated heterocycles. The maximum absolute atomic E-state index is 11.3. The van der Waals surface area contributed by atoms with Crippen LogP contribution in [0.5, 0.6) is 0 Å². The zero-order chi connectivity index (χ0) is 9.99. The first-order valence-electron chi connectivity index (χ1n) is 3.47. The number of carbonyl (C=O) groups excluding carboxylic acids is 1. The number of rotatable bonds is 3. The van der Waals surface area contributed by atoms with E-state index in [0.29, 0.717) is 6.61 Å². The van der Waals surface area contributed by atoms with Crippen LogP contribution in [0.25, 0.3) is 0 Å². The van der Waals surface area contributed by atoms with E-state index in [9.17, 15) is 4.79 Å². The van der Waals surface area contributed by atoms with E-state index in [0.717, 1.165) is 0 Å². The van der Waals surface area contributed by atoms with Gasteiger partial charge < -0.3 is 0 Å². The van der Waals surface area contributed by atoms with Gasteiger partial charge >= 0.3 is 87.6 Å².